The van der Waals surface area contributed by atoms with Gasteiger partial charge in [-0.15, -0.1) is 11.8 Å². The van der Waals surface area contributed by atoms with Crippen molar-refractivity contribution >= 4 is 23.6 Å². The van der Waals surface area contributed by atoms with Crippen LogP contribution >= 0.6 is 11.8 Å². The molecule has 0 bridgehead atoms. The Morgan fingerprint density at radius 1 is 1.09 bits per heavy atom. The van der Waals surface area contributed by atoms with Crippen molar-refractivity contribution in [2.75, 3.05) is 13.4 Å². The third-order valence-electron chi connectivity index (χ3n) is 3.16. The summed E-state index contributed by atoms with van der Waals surface area (Å²) in [7, 11) is 1.31. The minimum absolute atomic E-state index is 0.223. The van der Waals surface area contributed by atoms with Gasteiger partial charge in [-0.3, -0.25) is 4.79 Å². The smallest absolute Gasteiger partial charge is 0.337 e. The van der Waals surface area contributed by atoms with Crippen LogP contribution in [0.15, 0.2) is 53.4 Å². The maximum atomic E-state index is 12.1. The second-order valence-electron chi connectivity index (χ2n) is 4.60. The molecular weight excluding hydrogens is 298 g/mol. The second-order valence-corrected chi connectivity index (χ2v) is 5.48. The topological polar surface area (TPSA) is 55.4 Å². The van der Waals surface area contributed by atoms with Crippen LogP contribution in [-0.4, -0.2) is 25.2 Å². The van der Waals surface area contributed by atoms with Gasteiger partial charge in [0.2, 0.25) is 0 Å². The van der Waals surface area contributed by atoms with E-state index in [-0.39, 0.29) is 5.91 Å². The van der Waals surface area contributed by atoms with Crippen molar-refractivity contribution in [1.29, 1.82) is 0 Å². The fourth-order valence-corrected chi connectivity index (χ4v) is 2.34. The van der Waals surface area contributed by atoms with E-state index < -0.39 is 5.97 Å². The number of ether oxygens (including phenoxy) is 1. The van der Waals surface area contributed by atoms with Gasteiger partial charge in [-0.05, 0) is 42.2 Å². The summed E-state index contributed by atoms with van der Waals surface area (Å²) in [6.45, 7) is 0.440. The molecule has 0 spiro atoms. The molecule has 2 rings (SSSR count). The normalized spacial score (nSPS) is 10.1. The van der Waals surface area contributed by atoms with Crippen molar-refractivity contribution in [2.45, 2.75) is 11.4 Å². The zero-order valence-corrected chi connectivity index (χ0v) is 13.3. The van der Waals surface area contributed by atoms with Gasteiger partial charge in [-0.1, -0.05) is 18.2 Å². The van der Waals surface area contributed by atoms with Crippen LogP contribution in [0.1, 0.15) is 26.3 Å². The van der Waals surface area contributed by atoms with Crippen LogP contribution < -0.4 is 5.32 Å². The molecule has 0 aliphatic heterocycles. The third kappa shape index (κ3) is 4.11. The molecule has 114 valence electrons. The lowest BCUT2D eigenvalue weighted by atomic mass is 10.1. The van der Waals surface area contributed by atoms with Gasteiger partial charge in [0.1, 0.15) is 0 Å². The Kier molecular flexibility index (Phi) is 5.61. The van der Waals surface area contributed by atoms with Gasteiger partial charge in [0.05, 0.1) is 12.7 Å². The number of hydrogen-bond donors (Lipinski definition) is 1. The first-order chi connectivity index (χ1) is 10.6. The minimum Gasteiger partial charge on any atom is -0.465 e. The zero-order chi connectivity index (χ0) is 15.9. The van der Waals surface area contributed by atoms with E-state index in [1.54, 1.807) is 30.0 Å². The van der Waals surface area contributed by atoms with Crippen molar-refractivity contribution in [2.24, 2.45) is 0 Å². The lowest BCUT2D eigenvalue weighted by Gasteiger charge is -2.07. The quantitative estimate of drug-likeness (QED) is 0.680. The number of carbonyl (C=O) groups is 2. The summed E-state index contributed by atoms with van der Waals surface area (Å²) in [5.74, 6) is -0.679. The monoisotopic (exact) mass is 315 g/mol. The van der Waals surface area contributed by atoms with Gasteiger partial charge in [-0.2, -0.15) is 0 Å². The van der Waals surface area contributed by atoms with E-state index >= 15 is 0 Å². The molecule has 0 heterocycles. The Bertz CT molecular complexity index is 668. The third-order valence-corrected chi connectivity index (χ3v) is 3.90. The number of amides is 1. The van der Waals surface area contributed by atoms with Crippen molar-refractivity contribution in [1.82, 2.24) is 5.32 Å². The lowest BCUT2D eigenvalue weighted by Crippen LogP contribution is -2.23. The highest BCUT2D eigenvalue weighted by molar-refractivity contribution is 7.98. The first-order valence-electron chi connectivity index (χ1n) is 6.73. The molecule has 0 aromatic heterocycles. The summed E-state index contributed by atoms with van der Waals surface area (Å²) in [4.78, 5) is 24.8. The molecule has 0 atom stereocenters. The van der Waals surface area contributed by atoms with Crippen molar-refractivity contribution in [3.05, 3.63) is 65.2 Å². The van der Waals surface area contributed by atoms with E-state index in [1.165, 1.54) is 18.1 Å². The average Bonchev–Trinajstić information content (AvgIpc) is 2.59. The summed E-state index contributed by atoms with van der Waals surface area (Å²) < 4.78 is 4.65. The molecule has 1 amide bonds. The number of benzene rings is 2. The van der Waals surface area contributed by atoms with Crippen molar-refractivity contribution in [3.8, 4) is 0 Å². The first kappa shape index (κ1) is 16.1. The van der Waals surface area contributed by atoms with E-state index in [9.17, 15) is 9.59 Å². The second kappa shape index (κ2) is 7.66. The van der Waals surface area contributed by atoms with Crippen LogP contribution in [0.3, 0.4) is 0 Å². The Labute approximate surface area is 133 Å². The number of nitrogens with one attached hydrogen (secondary N) is 1. The largest absolute Gasteiger partial charge is 0.465 e. The standard InChI is InChI=1S/C17H17NO3S/c1-21-17(20)14-5-3-4-13(10-14)16(19)18-11-12-6-8-15(22-2)9-7-12/h3-10H,11H2,1-2H3,(H,18,19). The Balaban J connectivity index is 2.01. The molecule has 0 saturated heterocycles. The molecular formula is C17H17NO3S. The molecule has 1 N–H and O–H groups in total. The van der Waals surface area contributed by atoms with Crippen LogP contribution in [0.25, 0.3) is 0 Å². The lowest BCUT2D eigenvalue weighted by molar-refractivity contribution is 0.0600. The van der Waals surface area contributed by atoms with Gasteiger partial charge in [0, 0.05) is 17.0 Å². The molecule has 0 saturated carbocycles. The predicted octanol–water partition coefficient (Wildman–Crippen LogP) is 3.13. The van der Waals surface area contributed by atoms with Crippen molar-refractivity contribution in [3.63, 3.8) is 0 Å². The number of hydrogen-bond acceptors (Lipinski definition) is 4. The highest BCUT2D eigenvalue weighted by Gasteiger charge is 2.10. The van der Waals surface area contributed by atoms with Crippen molar-refractivity contribution < 1.29 is 14.3 Å². The molecule has 2 aromatic carbocycles. The maximum Gasteiger partial charge on any atom is 0.337 e. The number of methoxy groups -OCH3 is 1. The molecule has 5 heteroatoms. The van der Waals surface area contributed by atoms with Crippen LogP contribution in [-0.2, 0) is 11.3 Å². The van der Waals surface area contributed by atoms with Crippen LogP contribution in [0.2, 0.25) is 0 Å². The van der Waals surface area contributed by atoms with Gasteiger partial charge < -0.3 is 10.1 Å². The fourth-order valence-electron chi connectivity index (χ4n) is 1.93. The molecule has 2 aromatic rings. The molecule has 22 heavy (non-hydrogen) atoms. The first-order valence-corrected chi connectivity index (χ1v) is 7.96. The number of rotatable bonds is 5. The Morgan fingerprint density at radius 2 is 1.77 bits per heavy atom. The predicted molar refractivity (Wildman–Crippen MR) is 87.2 cm³/mol. The molecule has 0 aliphatic rings. The highest BCUT2D eigenvalue weighted by atomic mass is 32.2. The summed E-state index contributed by atoms with van der Waals surface area (Å²) in [6, 6.07) is 14.5. The van der Waals surface area contributed by atoms with Gasteiger partial charge in [0.25, 0.3) is 5.91 Å². The summed E-state index contributed by atoms with van der Waals surface area (Å²) in [5, 5.41) is 2.84. The van der Waals surface area contributed by atoms with E-state index in [4.69, 9.17) is 0 Å². The molecule has 0 radical (unpaired) electrons. The number of carbonyl (C=O) groups excluding carboxylic acids is 2. The van der Waals surface area contributed by atoms with Gasteiger partial charge in [-0.25, -0.2) is 4.79 Å². The maximum absolute atomic E-state index is 12.1. The zero-order valence-electron chi connectivity index (χ0n) is 12.5. The van der Waals surface area contributed by atoms with E-state index in [1.807, 2.05) is 30.5 Å². The highest BCUT2D eigenvalue weighted by Crippen LogP contribution is 2.15. The Morgan fingerprint density at radius 3 is 2.41 bits per heavy atom. The average molecular weight is 315 g/mol. The van der Waals surface area contributed by atoms with Crippen LogP contribution in [0, 0.1) is 0 Å². The van der Waals surface area contributed by atoms with E-state index in [2.05, 4.69) is 10.1 Å². The minimum atomic E-state index is -0.456. The van der Waals surface area contributed by atoms with Crippen LogP contribution in [0.5, 0.6) is 0 Å². The fraction of sp³-hybridized carbons (Fsp3) is 0.176. The molecule has 0 fully saturated rings. The molecule has 0 unspecified atom stereocenters. The summed E-state index contributed by atoms with van der Waals surface area (Å²) >= 11 is 1.67. The van der Waals surface area contributed by atoms with E-state index in [0.717, 1.165) is 5.56 Å². The SMILES string of the molecule is COC(=O)c1cccc(C(=O)NCc2ccc(SC)cc2)c1. The number of esters is 1. The van der Waals surface area contributed by atoms with Crippen LogP contribution in [0.4, 0.5) is 0 Å². The van der Waals surface area contributed by atoms with Gasteiger partial charge >= 0.3 is 5.97 Å². The number of thioether (sulfide) groups is 1. The molecule has 0 aliphatic carbocycles. The summed E-state index contributed by atoms with van der Waals surface area (Å²) in [5.41, 5.74) is 1.82. The Hall–Kier alpha value is -2.27. The van der Waals surface area contributed by atoms with E-state index in [0.29, 0.717) is 17.7 Å². The van der Waals surface area contributed by atoms with Gasteiger partial charge in [0.15, 0.2) is 0 Å². The summed E-state index contributed by atoms with van der Waals surface area (Å²) in [6.07, 6.45) is 2.02. The molecule has 4 nitrogen and oxygen atoms in total.